The molecule has 1 aromatic rings. The highest BCUT2D eigenvalue weighted by atomic mass is 35.5. The van der Waals surface area contributed by atoms with Gasteiger partial charge in [-0.2, -0.15) is 0 Å². The largest absolute Gasteiger partial charge is 0.493 e. The van der Waals surface area contributed by atoms with Gasteiger partial charge in [-0.3, -0.25) is 4.90 Å². The molecule has 4 heteroatoms. The number of benzene rings is 1. The molecule has 0 bridgehead atoms. The predicted molar refractivity (Wildman–Crippen MR) is 75.6 cm³/mol. The van der Waals surface area contributed by atoms with Gasteiger partial charge in [0.25, 0.3) is 0 Å². The SMILES string of the molecule is CN(Cc1ccc2c(c1)CCO2)C1CCNC1.Cl. The van der Waals surface area contributed by atoms with Crippen LogP contribution in [-0.4, -0.2) is 37.7 Å². The van der Waals surface area contributed by atoms with Crippen molar-refractivity contribution in [3.63, 3.8) is 0 Å². The zero-order chi connectivity index (χ0) is 11.7. The summed E-state index contributed by atoms with van der Waals surface area (Å²) in [5.41, 5.74) is 2.78. The Morgan fingerprint density at radius 3 is 3.11 bits per heavy atom. The molecule has 0 aliphatic carbocycles. The highest BCUT2D eigenvalue weighted by molar-refractivity contribution is 5.85. The van der Waals surface area contributed by atoms with Crippen molar-refractivity contribution in [1.82, 2.24) is 10.2 Å². The Hall–Kier alpha value is -0.770. The molecule has 0 spiro atoms. The van der Waals surface area contributed by atoms with Crippen molar-refractivity contribution in [3.8, 4) is 5.75 Å². The molecule has 1 atom stereocenters. The second-order valence-electron chi connectivity index (χ2n) is 5.10. The third-order valence-electron chi connectivity index (χ3n) is 3.84. The second-order valence-corrected chi connectivity index (χ2v) is 5.10. The lowest BCUT2D eigenvalue weighted by Crippen LogP contribution is -2.32. The molecule has 2 aliphatic rings. The fourth-order valence-electron chi connectivity index (χ4n) is 2.77. The number of hydrogen-bond acceptors (Lipinski definition) is 3. The van der Waals surface area contributed by atoms with Crippen LogP contribution in [0, 0.1) is 0 Å². The van der Waals surface area contributed by atoms with Gasteiger partial charge in [-0.1, -0.05) is 12.1 Å². The van der Waals surface area contributed by atoms with Gasteiger partial charge in [0.1, 0.15) is 5.75 Å². The normalized spacial score (nSPS) is 21.6. The van der Waals surface area contributed by atoms with Crippen molar-refractivity contribution < 1.29 is 4.74 Å². The quantitative estimate of drug-likeness (QED) is 0.905. The summed E-state index contributed by atoms with van der Waals surface area (Å²) in [4.78, 5) is 2.46. The Bertz CT molecular complexity index is 405. The van der Waals surface area contributed by atoms with E-state index in [-0.39, 0.29) is 12.4 Å². The van der Waals surface area contributed by atoms with Gasteiger partial charge in [-0.05, 0) is 37.2 Å². The van der Waals surface area contributed by atoms with Crippen molar-refractivity contribution in [3.05, 3.63) is 29.3 Å². The Morgan fingerprint density at radius 2 is 2.33 bits per heavy atom. The molecule has 1 fully saturated rings. The maximum Gasteiger partial charge on any atom is 0.122 e. The Kier molecular flexibility index (Phi) is 4.49. The van der Waals surface area contributed by atoms with Crippen LogP contribution in [0.3, 0.4) is 0 Å². The smallest absolute Gasteiger partial charge is 0.122 e. The molecule has 1 N–H and O–H groups in total. The zero-order valence-corrected chi connectivity index (χ0v) is 11.6. The van der Waals surface area contributed by atoms with Crippen LogP contribution >= 0.6 is 12.4 Å². The molecular weight excluding hydrogens is 248 g/mol. The molecule has 2 aliphatic heterocycles. The highest BCUT2D eigenvalue weighted by Gasteiger charge is 2.19. The number of halogens is 1. The summed E-state index contributed by atoms with van der Waals surface area (Å²) in [6.45, 7) is 4.18. The van der Waals surface area contributed by atoms with E-state index in [0.29, 0.717) is 6.04 Å². The number of nitrogens with zero attached hydrogens (tertiary/aromatic N) is 1. The maximum absolute atomic E-state index is 5.53. The zero-order valence-electron chi connectivity index (χ0n) is 10.8. The number of nitrogens with one attached hydrogen (secondary N) is 1. The average Bonchev–Trinajstić information content (AvgIpc) is 2.99. The molecule has 1 aromatic carbocycles. The summed E-state index contributed by atoms with van der Waals surface area (Å²) in [7, 11) is 2.22. The summed E-state index contributed by atoms with van der Waals surface area (Å²) in [6, 6.07) is 7.32. The molecule has 3 nitrogen and oxygen atoms in total. The first kappa shape index (κ1) is 13.7. The van der Waals surface area contributed by atoms with Crippen LogP contribution in [0.4, 0.5) is 0 Å². The first-order chi connectivity index (χ1) is 8.33. The Balaban J connectivity index is 0.00000120. The average molecular weight is 269 g/mol. The fourth-order valence-corrected chi connectivity index (χ4v) is 2.77. The lowest BCUT2D eigenvalue weighted by atomic mass is 10.1. The second kappa shape index (κ2) is 5.91. The third-order valence-corrected chi connectivity index (χ3v) is 3.84. The number of fused-ring (bicyclic) bond motifs is 1. The van der Waals surface area contributed by atoms with E-state index in [1.54, 1.807) is 0 Å². The van der Waals surface area contributed by atoms with Crippen molar-refractivity contribution >= 4 is 12.4 Å². The minimum absolute atomic E-state index is 0. The van der Waals surface area contributed by atoms with Gasteiger partial charge in [-0.15, -0.1) is 12.4 Å². The molecule has 0 radical (unpaired) electrons. The first-order valence-corrected chi connectivity index (χ1v) is 6.48. The summed E-state index contributed by atoms with van der Waals surface area (Å²) in [5, 5.41) is 3.42. The highest BCUT2D eigenvalue weighted by Crippen LogP contribution is 2.26. The molecule has 0 aromatic heterocycles. The predicted octanol–water partition coefficient (Wildman–Crippen LogP) is 1.84. The lowest BCUT2D eigenvalue weighted by Gasteiger charge is -2.23. The van der Waals surface area contributed by atoms with Crippen LogP contribution in [0.5, 0.6) is 5.75 Å². The number of rotatable bonds is 3. The monoisotopic (exact) mass is 268 g/mol. The Labute approximate surface area is 115 Å². The van der Waals surface area contributed by atoms with Gasteiger partial charge in [0.15, 0.2) is 0 Å². The third kappa shape index (κ3) is 2.79. The molecule has 100 valence electrons. The maximum atomic E-state index is 5.53. The van der Waals surface area contributed by atoms with Crippen LogP contribution in [0.25, 0.3) is 0 Å². The minimum Gasteiger partial charge on any atom is -0.493 e. The van der Waals surface area contributed by atoms with Crippen LogP contribution in [0.1, 0.15) is 17.5 Å². The van der Waals surface area contributed by atoms with Crippen LogP contribution in [0.15, 0.2) is 18.2 Å². The van der Waals surface area contributed by atoms with E-state index < -0.39 is 0 Å². The minimum atomic E-state index is 0. The van der Waals surface area contributed by atoms with Crippen molar-refractivity contribution in [2.75, 3.05) is 26.7 Å². The first-order valence-electron chi connectivity index (χ1n) is 6.48. The van der Waals surface area contributed by atoms with Crippen molar-refractivity contribution in [1.29, 1.82) is 0 Å². The lowest BCUT2D eigenvalue weighted by molar-refractivity contribution is 0.249. The van der Waals surface area contributed by atoms with Crippen molar-refractivity contribution in [2.45, 2.75) is 25.4 Å². The number of ether oxygens (including phenoxy) is 1. The molecule has 2 heterocycles. The molecule has 0 saturated carbocycles. The molecule has 1 saturated heterocycles. The summed E-state index contributed by atoms with van der Waals surface area (Å²) in [6.07, 6.45) is 2.34. The van der Waals surface area contributed by atoms with E-state index in [4.69, 9.17) is 4.74 Å². The van der Waals surface area contributed by atoms with E-state index in [2.05, 4.69) is 35.5 Å². The van der Waals surface area contributed by atoms with Gasteiger partial charge >= 0.3 is 0 Å². The van der Waals surface area contributed by atoms with E-state index in [9.17, 15) is 0 Å². The standard InChI is InChI=1S/C14H20N2O.ClH/c1-16(13-4-6-15-9-13)10-11-2-3-14-12(8-11)5-7-17-14;/h2-3,8,13,15H,4-7,9-10H2,1H3;1H. The fraction of sp³-hybridized carbons (Fsp3) is 0.571. The van der Waals surface area contributed by atoms with Crippen molar-refractivity contribution in [2.24, 2.45) is 0 Å². The summed E-state index contributed by atoms with van der Waals surface area (Å²) >= 11 is 0. The van der Waals surface area contributed by atoms with Gasteiger partial charge in [0, 0.05) is 25.6 Å². The van der Waals surface area contributed by atoms with E-state index in [1.807, 2.05) is 0 Å². The van der Waals surface area contributed by atoms with Crippen LogP contribution in [0.2, 0.25) is 0 Å². The number of likely N-dealkylation sites (N-methyl/N-ethyl adjacent to an activating group) is 1. The van der Waals surface area contributed by atoms with Gasteiger partial charge in [0.2, 0.25) is 0 Å². The van der Waals surface area contributed by atoms with Crippen LogP contribution < -0.4 is 10.1 Å². The molecule has 0 amide bonds. The number of hydrogen-bond donors (Lipinski definition) is 1. The topological polar surface area (TPSA) is 24.5 Å². The van der Waals surface area contributed by atoms with Gasteiger partial charge < -0.3 is 10.1 Å². The van der Waals surface area contributed by atoms with E-state index in [0.717, 1.165) is 38.4 Å². The van der Waals surface area contributed by atoms with Gasteiger partial charge in [0.05, 0.1) is 6.61 Å². The van der Waals surface area contributed by atoms with Crippen LogP contribution in [-0.2, 0) is 13.0 Å². The summed E-state index contributed by atoms with van der Waals surface area (Å²) in [5.74, 6) is 1.08. The molecular formula is C14H21ClN2O. The van der Waals surface area contributed by atoms with E-state index in [1.165, 1.54) is 17.5 Å². The Morgan fingerprint density at radius 1 is 1.44 bits per heavy atom. The molecule has 1 unspecified atom stereocenters. The van der Waals surface area contributed by atoms with Gasteiger partial charge in [-0.25, -0.2) is 0 Å². The molecule has 3 rings (SSSR count). The van der Waals surface area contributed by atoms with E-state index >= 15 is 0 Å². The summed E-state index contributed by atoms with van der Waals surface area (Å²) < 4.78 is 5.53. The molecule has 18 heavy (non-hydrogen) atoms.